The van der Waals surface area contributed by atoms with Crippen molar-refractivity contribution >= 4 is 22.6 Å². The van der Waals surface area contributed by atoms with Crippen molar-refractivity contribution in [1.29, 1.82) is 0 Å². The van der Waals surface area contributed by atoms with E-state index in [1.807, 2.05) is 25.0 Å². The highest BCUT2D eigenvalue weighted by Gasteiger charge is 2.33. The van der Waals surface area contributed by atoms with E-state index in [1.165, 1.54) is 0 Å². The highest BCUT2D eigenvalue weighted by atomic mass is 19.4. The molecule has 1 amide bonds. The Morgan fingerprint density at radius 2 is 2.04 bits per heavy atom. The zero-order valence-corrected chi connectivity index (χ0v) is 13.6. The Morgan fingerprint density at radius 1 is 1.28 bits per heavy atom. The zero-order chi connectivity index (χ0) is 18.2. The van der Waals surface area contributed by atoms with Crippen molar-refractivity contribution in [3.05, 3.63) is 41.5 Å². The van der Waals surface area contributed by atoms with Crippen molar-refractivity contribution in [2.45, 2.75) is 33.0 Å². The molecule has 9 heteroatoms. The fourth-order valence-electron chi connectivity index (χ4n) is 2.66. The molecule has 0 unspecified atom stereocenters. The lowest BCUT2D eigenvalue weighted by atomic mass is 10.2. The molecule has 132 valence electrons. The molecule has 0 saturated heterocycles. The minimum atomic E-state index is -4.58. The van der Waals surface area contributed by atoms with Gasteiger partial charge in [-0.1, -0.05) is 6.92 Å². The first-order chi connectivity index (χ1) is 11.8. The van der Waals surface area contributed by atoms with Crippen molar-refractivity contribution in [3.63, 3.8) is 0 Å². The minimum absolute atomic E-state index is 0.333. The van der Waals surface area contributed by atoms with E-state index in [4.69, 9.17) is 0 Å². The molecule has 25 heavy (non-hydrogen) atoms. The lowest BCUT2D eigenvalue weighted by Crippen LogP contribution is -2.12. The fraction of sp³-hybridized carbons (Fsp3) is 0.312. The van der Waals surface area contributed by atoms with Crippen molar-refractivity contribution in [1.82, 2.24) is 19.7 Å². The summed E-state index contributed by atoms with van der Waals surface area (Å²) in [4.78, 5) is 16.6. The number of H-pyrrole nitrogens is 1. The Labute approximate surface area is 141 Å². The normalized spacial score (nSPS) is 11.9. The van der Waals surface area contributed by atoms with Crippen LogP contribution in [-0.4, -0.2) is 25.7 Å². The molecule has 0 radical (unpaired) electrons. The lowest BCUT2D eigenvalue weighted by molar-refractivity contribution is -0.141. The Bertz CT molecular complexity index is 926. The number of nitrogens with one attached hydrogen (secondary N) is 2. The maximum absolute atomic E-state index is 12.6. The topological polar surface area (TPSA) is 75.6 Å². The summed E-state index contributed by atoms with van der Waals surface area (Å²) in [6, 6.07) is 5.88. The van der Waals surface area contributed by atoms with Crippen molar-refractivity contribution in [2.75, 3.05) is 5.32 Å². The van der Waals surface area contributed by atoms with Gasteiger partial charge in [-0.3, -0.25) is 9.89 Å². The van der Waals surface area contributed by atoms with Gasteiger partial charge in [-0.2, -0.15) is 18.3 Å². The summed E-state index contributed by atoms with van der Waals surface area (Å²) >= 11 is 0. The standard InChI is InChI=1S/C16H16F3N5O/c1-3-14-21-10-7-9(5-6-12(10)24(14)4-2)20-15(25)11-8-13(23-22-11)16(17,18)19/h5-8H,3-4H2,1-2H3,(H,20,25)(H,22,23). The number of aromatic amines is 1. The number of fused-ring (bicyclic) bond motifs is 1. The number of halogens is 3. The van der Waals surface area contributed by atoms with Crippen molar-refractivity contribution in [2.24, 2.45) is 0 Å². The van der Waals surface area contributed by atoms with Crippen LogP contribution in [0.15, 0.2) is 24.3 Å². The second-order valence-electron chi connectivity index (χ2n) is 5.45. The lowest BCUT2D eigenvalue weighted by Gasteiger charge is -2.05. The molecular formula is C16H16F3N5O. The van der Waals surface area contributed by atoms with E-state index >= 15 is 0 Å². The first kappa shape index (κ1) is 17.0. The molecule has 0 bridgehead atoms. The number of benzene rings is 1. The van der Waals surface area contributed by atoms with E-state index in [9.17, 15) is 18.0 Å². The van der Waals surface area contributed by atoms with Crippen LogP contribution in [0.25, 0.3) is 11.0 Å². The molecule has 0 atom stereocenters. The number of carbonyl (C=O) groups excluding carboxylic acids is 1. The number of anilines is 1. The number of alkyl halides is 3. The number of nitrogens with zero attached hydrogens (tertiary/aromatic N) is 3. The van der Waals surface area contributed by atoms with Gasteiger partial charge in [0.1, 0.15) is 11.5 Å². The Morgan fingerprint density at radius 3 is 2.64 bits per heavy atom. The van der Waals surface area contributed by atoms with Crippen LogP contribution in [0.3, 0.4) is 0 Å². The van der Waals surface area contributed by atoms with Gasteiger partial charge in [0.15, 0.2) is 5.69 Å². The first-order valence-corrected chi connectivity index (χ1v) is 7.76. The van der Waals surface area contributed by atoms with E-state index in [-0.39, 0.29) is 5.69 Å². The fourth-order valence-corrected chi connectivity index (χ4v) is 2.66. The molecule has 2 heterocycles. The number of carbonyl (C=O) groups is 1. The van der Waals surface area contributed by atoms with E-state index in [0.29, 0.717) is 11.8 Å². The van der Waals surface area contributed by atoms with Gasteiger partial charge in [-0.25, -0.2) is 4.98 Å². The average molecular weight is 351 g/mol. The van der Waals surface area contributed by atoms with Gasteiger partial charge >= 0.3 is 6.18 Å². The van der Waals surface area contributed by atoms with Crippen LogP contribution >= 0.6 is 0 Å². The molecule has 0 fully saturated rings. The second kappa shape index (κ2) is 6.23. The van der Waals surface area contributed by atoms with Crippen LogP contribution < -0.4 is 5.32 Å². The maximum atomic E-state index is 12.6. The number of hydrogen-bond acceptors (Lipinski definition) is 3. The number of aryl methyl sites for hydroxylation is 2. The van der Waals surface area contributed by atoms with Crippen LogP contribution in [0.1, 0.15) is 35.9 Å². The van der Waals surface area contributed by atoms with Gasteiger partial charge in [0.05, 0.1) is 11.0 Å². The molecule has 6 nitrogen and oxygen atoms in total. The summed E-state index contributed by atoms with van der Waals surface area (Å²) in [6.45, 7) is 4.80. The average Bonchev–Trinajstić information content (AvgIpc) is 3.18. The summed E-state index contributed by atoms with van der Waals surface area (Å²) in [6.07, 6.45) is -3.80. The van der Waals surface area contributed by atoms with Gasteiger partial charge in [0.25, 0.3) is 5.91 Å². The third kappa shape index (κ3) is 3.21. The third-order valence-corrected chi connectivity index (χ3v) is 3.83. The number of rotatable bonds is 4. The quantitative estimate of drug-likeness (QED) is 0.754. The second-order valence-corrected chi connectivity index (χ2v) is 5.45. The predicted octanol–water partition coefficient (Wildman–Crippen LogP) is 3.61. The molecule has 0 aliphatic carbocycles. The van der Waals surface area contributed by atoms with Gasteiger partial charge in [0.2, 0.25) is 0 Å². The predicted molar refractivity (Wildman–Crippen MR) is 86.3 cm³/mol. The largest absolute Gasteiger partial charge is 0.432 e. The number of aromatic nitrogens is 4. The number of amides is 1. The van der Waals surface area contributed by atoms with E-state index in [1.54, 1.807) is 12.1 Å². The summed E-state index contributed by atoms with van der Waals surface area (Å²) < 4.78 is 39.8. The molecule has 0 aliphatic heterocycles. The Balaban J connectivity index is 1.85. The summed E-state index contributed by atoms with van der Waals surface area (Å²) in [7, 11) is 0. The summed E-state index contributed by atoms with van der Waals surface area (Å²) in [5, 5.41) is 7.77. The van der Waals surface area contributed by atoms with Crippen LogP contribution in [0.5, 0.6) is 0 Å². The molecule has 3 aromatic rings. The first-order valence-electron chi connectivity index (χ1n) is 7.76. The van der Waals surface area contributed by atoms with E-state index < -0.39 is 17.8 Å². The molecule has 2 aromatic heterocycles. The van der Waals surface area contributed by atoms with Crippen LogP contribution in [0.2, 0.25) is 0 Å². The molecule has 1 aromatic carbocycles. The van der Waals surface area contributed by atoms with Crippen LogP contribution in [-0.2, 0) is 19.1 Å². The Hall–Kier alpha value is -2.84. The zero-order valence-electron chi connectivity index (χ0n) is 13.6. The monoisotopic (exact) mass is 351 g/mol. The highest BCUT2D eigenvalue weighted by Crippen LogP contribution is 2.28. The number of imidazole rings is 1. The van der Waals surface area contributed by atoms with Crippen LogP contribution in [0, 0.1) is 0 Å². The number of hydrogen-bond donors (Lipinski definition) is 2. The molecule has 0 spiro atoms. The van der Waals surface area contributed by atoms with E-state index in [2.05, 4.69) is 20.0 Å². The van der Waals surface area contributed by atoms with Gasteiger partial charge < -0.3 is 9.88 Å². The molecule has 0 aliphatic rings. The van der Waals surface area contributed by atoms with Gasteiger partial charge in [0, 0.05) is 24.7 Å². The Kier molecular flexibility index (Phi) is 4.23. The third-order valence-electron chi connectivity index (χ3n) is 3.83. The summed E-state index contributed by atoms with van der Waals surface area (Å²) in [5.41, 5.74) is 0.701. The maximum Gasteiger partial charge on any atom is 0.432 e. The summed E-state index contributed by atoms with van der Waals surface area (Å²) in [5.74, 6) is 0.208. The SMILES string of the molecule is CCc1nc2cc(NC(=O)c3cc(C(F)(F)F)[nH]n3)ccc2n1CC. The van der Waals surface area contributed by atoms with E-state index in [0.717, 1.165) is 29.8 Å². The minimum Gasteiger partial charge on any atom is -0.328 e. The molecule has 3 rings (SSSR count). The van der Waals surface area contributed by atoms with Gasteiger partial charge in [-0.05, 0) is 25.1 Å². The molecular weight excluding hydrogens is 335 g/mol. The van der Waals surface area contributed by atoms with Crippen LogP contribution in [0.4, 0.5) is 18.9 Å². The van der Waals surface area contributed by atoms with Crippen molar-refractivity contribution in [3.8, 4) is 0 Å². The van der Waals surface area contributed by atoms with Crippen molar-refractivity contribution < 1.29 is 18.0 Å². The van der Waals surface area contributed by atoms with Gasteiger partial charge in [-0.15, -0.1) is 0 Å². The molecule has 2 N–H and O–H groups in total. The highest BCUT2D eigenvalue weighted by molar-refractivity contribution is 6.03. The molecule has 0 saturated carbocycles. The smallest absolute Gasteiger partial charge is 0.328 e.